The van der Waals surface area contributed by atoms with Crippen molar-refractivity contribution >= 4 is 21.6 Å². The Balaban J connectivity index is 1.75. The minimum atomic E-state index is -3.89. The third-order valence-corrected chi connectivity index (χ3v) is 5.59. The standard InChI is InChI=1S/C17H20N2O4S/c1-11-6-7-12(9-15(11)19(2)3)24(21,22)18-17(20)14-10-13(14)16-5-4-8-23-16/h4-9,13-14H,10H2,1-3H3,(H,18,20)/t13-,14+/m0/s1. The van der Waals surface area contributed by atoms with Gasteiger partial charge in [-0.3, -0.25) is 4.79 Å². The summed E-state index contributed by atoms with van der Waals surface area (Å²) in [7, 11) is -0.201. The highest BCUT2D eigenvalue weighted by Crippen LogP contribution is 2.47. The number of rotatable bonds is 5. The molecule has 2 atom stereocenters. The second-order valence-corrected chi connectivity index (χ2v) is 7.96. The predicted molar refractivity (Wildman–Crippen MR) is 90.4 cm³/mol. The molecule has 0 spiro atoms. The van der Waals surface area contributed by atoms with Crippen LogP contribution in [0.5, 0.6) is 0 Å². The Morgan fingerprint density at radius 3 is 2.67 bits per heavy atom. The summed E-state index contributed by atoms with van der Waals surface area (Å²) >= 11 is 0. The molecule has 1 N–H and O–H groups in total. The number of amides is 1. The lowest BCUT2D eigenvalue weighted by Gasteiger charge is -2.17. The Kier molecular flexibility index (Phi) is 4.13. The van der Waals surface area contributed by atoms with Crippen LogP contribution in [-0.4, -0.2) is 28.4 Å². The van der Waals surface area contributed by atoms with Crippen molar-refractivity contribution in [1.29, 1.82) is 0 Å². The maximum Gasteiger partial charge on any atom is 0.264 e. The summed E-state index contributed by atoms with van der Waals surface area (Å²) in [4.78, 5) is 14.2. The molecule has 0 unspecified atom stereocenters. The number of hydrogen-bond acceptors (Lipinski definition) is 5. The Morgan fingerprint density at radius 1 is 1.29 bits per heavy atom. The molecule has 24 heavy (non-hydrogen) atoms. The van der Waals surface area contributed by atoms with Crippen molar-refractivity contribution in [2.24, 2.45) is 5.92 Å². The number of carbonyl (C=O) groups excluding carboxylic acids is 1. The quantitative estimate of drug-likeness (QED) is 0.896. The summed E-state index contributed by atoms with van der Waals surface area (Å²) in [6.45, 7) is 1.91. The van der Waals surface area contributed by atoms with Crippen molar-refractivity contribution in [3.63, 3.8) is 0 Å². The summed E-state index contributed by atoms with van der Waals surface area (Å²) in [5.74, 6) is -0.156. The Hall–Kier alpha value is -2.28. The van der Waals surface area contributed by atoms with Crippen molar-refractivity contribution < 1.29 is 17.6 Å². The van der Waals surface area contributed by atoms with Crippen molar-refractivity contribution in [3.8, 4) is 0 Å². The van der Waals surface area contributed by atoms with Crippen LogP contribution in [-0.2, 0) is 14.8 Å². The molecule has 0 radical (unpaired) electrons. The van der Waals surface area contributed by atoms with Gasteiger partial charge in [-0.25, -0.2) is 13.1 Å². The van der Waals surface area contributed by atoms with Gasteiger partial charge < -0.3 is 9.32 Å². The topological polar surface area (TPSA) is 79.6 Å². The van der Waals surface area contributed by atoms with Gasteiger partial charge in [0.05, 0.1) is 11.2 Å². The number of sulfonamides is 1. The Labute approximate surface area is 141 Å². The lowest BCUT2D eigenvalue weighted by Crippen LogP contribution is -2.32. The molecule has 1 heterocycles. The number of nitrogens with zero attached hydrogens (tertiary/aromatic N) is 1. The molecule has 1 saturated carbocycles. The third kappa shape index (κ3) is 3.17. The number of anilines is 1. The van der Waals surface area contributed by atoms with Crippen molar-refractivity contribution in [3.05, 3.63) is 47.9 Å². The monoisotopic (exact) mass is 348 g/mol. The molecule has 0 aliphatic heterocycles. The van der Waals surface area contributed by atoms with Gasteiger partial charge in [0, 0.05) is 31.6 Å². The van der Waals surface area contributed by atoms with Crippen LogP contribution in [0, 0.1) is 12.8 Å². The fraction of sp³-hybridized carbons (Fsp3) is 0.353. The molecule has 0 bridgehead atoms. The fourth-order valence-corrected chi connectivity index (χ4v) is 3.85. The van der Waals surface area contributed by atoms with Gasteiger partial charge in [0.1, 0.15) is 5.76 Å². The molecule has 1 aliphatic carbocycles. The van der Waals surface area contributed by atoms with E-state index in [9.17, 15) is 13.2 Å². The first-order valence-electron chi connectivity index (χ1n) is 7.67. The minimum Gasteiger partial charge on any atom is -0.469 e. The van der Waals surface area contributed by atoms with Gasteiger partial charge in [-0.1, -0.05) is 6.07 Å². The van der Waals surface area contributed by atoms with Gasteiger partial charge in [0.25, 0.3) is 10.0 Å². The maximum atomic E-state index is 12.5. The Bertz CT molecular complexity index is 857. The zero-order chi connectivity index (χ0) is 17.5. The molecular weight excluding hydrogens is 328 g/mol. The molecule has 3 rings (SSSR count). The van der Waals surface area contributed by atoms with Crippen LogP contribution in [0.1, 0.15) is 23.7 Å². The van der Waals surface area contributed by atoms with Crippen LogP contribution in [0.4, 0.5) is 5.69 Å². The first kappa shape index (κ1) is 16.6. The van der Waals surface area contributed by atoms with E-state index in [1.807, 2.05) is 25.9 Å². The molecule has 6 nitrogen and oxygen atoms in total. The van der Waals surface area contributed by atoms with E-state index in [0.29, 0.717) is 6.42 Å². The molecule has 128 valence electrons. The molecule has 1 aromatic heterocycles. The zero-order valence-corrected chi connectivity index (χ0v) is 14.6. The molecule has 2 aromatic rings. The largest absolute Gasteiger partial charge is 0.469 e. The van der Waals surface area contributed by atoms with E-state index in [2.05, 4.69) is 4.72 Å². The van der Waals surface area contributed by atoms with Crippen LogP contribution in [0.15, 0.2) is 45.9 Å². The van der Waals surface area contributed by atoms with Crippen LogP contribution in [0.25, 0.3) is 0 Å². The van der Waals surface area contributed by atoms with E-state index in [1.165, 1.54) is 6.07 Å². The SMILES string of the molecule is Cc1ccc(S(=O)(=O)NC(=O)[C@@H]2C[C@@H]2c2ccco2)cc1N(C)C. The lowest BCUT2D eigenvalue weighted by molar-refractivity contribution is -0.120. The highest BCUT2D eigenvalue weighted by atomic mass is 32.2. The van der Waals surface area contributed by atoms with E-state index in [0.717, 1.165) is 17.0 Å². The third-order valence-electron chi connectivity index (χ3n) is 4.24. The van der Waals surface area contributed by atoms with Gasteiger partial charge >= 0.3 is 0 Å². The van der Waals surface area contributed by atoms with Gasteiger partial charge in [-0.05, 0) is 43.2 Å². The highest BCUT2D eigenvalue weighted by Gasteiger charge is 2.46. The second-order valence-electron chi connectivity index (χ2n) is 6.28. The zero-order valence-electron chi connectivity index (χ0n) is 13.8. The van der Waals surface area contributed by atoms with Crippen LogP contribution in [0.2, 0.25) is 0 Å². The summed E-state index contributed by atoms with van der Waals surface area (Å²) in [5, 5.41) is 0. The summed E-state index contributed by atoms with van der Waals surface area (Å²) in [6, 6.07) is 8.37. The molecule has 0 saturated heterocycles. The van der Waals surface area contributed by atoms with Crippen molar-refractivity contribution in [2.75, 3.05) is 19.0 Å². The molecule has 1 aliphatic rings. The number of nitrogens with one attached hydrogen (secondary N) is 1. The molecule has 1 aromatic carbocycles. The average Bonchev–Trinajstić information content (AvgIpc) is 3.13. The maximum absolute atomic E-state index is 12.5. The normalized spacial score (nSPS) is 19.8. The van der Waals surface area contributed by atoms with Crippen LogP contribution < -0.4 is 9.62 Å². The smallest absolute Gasteiger partial charge is 0.264 e. The van der Waals surface area contributed by atoms with Crippen molar-refractivity contribution in [2.45, 2.75) is 24.2 Å². The summed E-state index contributed by atoms with van der Waals surface area (Å²) < 4.78 is 32.4. The predicted octanol–water partition coefficient (Wildman–Crippen LogP) is 2.26. The number of carbonyl (C=O) groups is 1. The summed E-state index contributed by atoms with van der Waals surface area (Å²) in [5.41, 5.74) is 1.76. The van der Waals surface area contributed by atoms with Crippen LogP contribution in [0.3, 0.4) is 0 Å². The first-order valence-corrected chi connectivity index (χ1v) is 9.16. The minimum absolute atomic E-state index is 0.0365. The molecule has 1 fully saturated rings. The van der Waals surface area contributed by atoms with Gasteiger partial charge in [0.2, 0.25) is 5.91 Å². The molecule has 1 amide bonds. The van der Waals surface area contributed by atoms with Gasteiger partial charge in [0.15, 0.2) is 0 Å². The van der Waals surface area contributed by atoms with Gasteiger partial charge in [-0.2, -0.15) is 0 Å². The number of furan rings is 1. The molecular formula is C17H20N2O4S. The number of aryl methyl sites for hydroxylation is 1. The summed E-state index contributed by atoms with van der Waals surface area (Å²) in [6.07, 6.45) is 2.15. The number of benzene rings is 1. The van der Waals surface area contributed by atoms with Crippen molar-refractivity contribution in [1.82, 2.24) is 4.72 Å². The van der Waals surface area contributed by atoms with Crippen LogP contribution >= 0.6 is 0 Å². The Morgan fingerprint density at radius 2 is 2.04 bits per heavy atom. The highest BCUT2D eigenvalue weighted by molar-refractivity contribution is 7.90. The van der Waals surface area contributed by atoms with E-state index >= 15 is 0 Å². The number of hydrogen-bond donors (Lipinski definition) is 1. The van der Waals surface area contributed by atoms with E-state index in [4.69, 9.17) is 4.42 Å². The van der Waals surface area contributed by atoms with E-state index in [1.54, 1.807) is 30.5 Å². The second kappa shape index (κ2) is 5.98. The van der Waals surface area contributed by atoms with E-state index < -0.39 is 15.9 Å². The first-order chi connectivity index (χ1) is 11.3. The lowest BCUT2D eigenvalue weighted by atomic mass is 10.2. The average molecular weight is 348 g/mol. The molecule has 7 heteroatoms. The van der Waals surface area contributed by atoms with E-state index in [-0.39, 0.29) is 16.7 Å². The fourth-order valence-electron chi connectivity index (χ4n) is 2.81. The van der Waals surface area contributed by atoms with Gasteiger partial charge in [-0.15, -0.1) is 0 Å².